The number of para-hydroxylation sites is 1. The zero-order valence-corrected chi connectivity index (χ0v) is 19.1. The Bertz CT molecular complexity index is 1400. The lowest BCUT2D eigenvalue weighted by atomic mass is 10.1. The van der Waals surface area contributed by atoms with E-state index in [9.17, 15) is 24.3 Å². The van der Waals surface area contributed by atoms with Crippen LogP contribution in [0.4, 0.5) is 28.4 Å². The van der Waals surface area contributed by atoms with E-state index in [1.54, 1.807) is 29.6 Å². The summed E-state index contributed by atoms with van der Waals surface area (Å²) in [6.45, 7) is 2.74. The van der Waals surface area contributed by atoms with Crippen LogP contribution < -0.4 is 27.2 Å². The maximum absolute atomic E-state index is 11.8. The molecule has 2 aromatic carbocycles. The summed E-state index contributed by atoms with van der Waals surface area (Å²) in [6, 6.07) is 8.95. The van der Waals surface area contributed by atoms with Crippen LogP contribution in [0.2, 0.25) is 0 Å². The molecule has 0 spiro atoms. The highest BCUT2D eigenvalue weighted by atomic mass is 32.1. The molecule has 0 saturated heterocycles. The zero-order chi connectivity index (χ0) is 24.3. The predicted molar refractivity (Wildman–Crippen MR) is 131 cm³/mol. The minimum atomic E-state index is -0.668. The lowest BCUT2D eigenvalue weighted by Gasteiger charge is -2.14. The average Bonchev–Trinajstić information content (AvgIpc) is 3.33. The molecule has 33 heavy (non-hydrogen) atoms. The van der Waals surface area contributed by atoms with E-state index < -0.39 is 10.9 Å². The van der Waals surface area contributed by atoms with Crippen molar-refractivity contribution in [2.75, 3.05) is 16.4 Å². The summed E-state index contributed by atoms with van der Waals surface area (Å²) in [5.41, 5.74) is 5.37. The van der Waals surface area contributed by atoms with E-state index in [2.05, 4.69) is 10.6 Å². The average molecular weight is 486 g/mol. The molecule has 4 aromatic rings. The molecule has 0 aliphatic carbocycles. The van der Waals surface area contributed by atoms with Gasteiger partial charge in [0.25, 0.3) is 10.9 Å². The molecule has 170 valence electrons. The van der Waals surface area contributed by atoms with E-state index >= 15 is 0 Å². The van der Waals surface area contributed by atoms with Crippen LogP contribution in [0, 0.1) is 0 Å². The third kappa shape index (κ3) is 4.94. The number of hydrogen-bond acceptors (Lipinski definition) is 11. The zero-order valence-electron chi connectivity index (χ0n) is 17.5. The Balaban J connectivity index is 0.000000257. The van der Waals surface area contributed by atoms with Gasteiger partial charge in [0.1, 0.15) is 21.1 Å². The summed E-state index contributed by atoms with van der Waals surface area (Å²) < 4.78 is 0. The third-order valence-corrected chi connectivity index (χ3v) is 6.57. The highest BCUT2D eigenvalue weighted by Gasteiger charge is 2.23. The van der Waals surface area contributed by atoms with Crippen molar-refractivity contribution < 1.29 is 19.8 Å². The number of nitrogens with two attached hydrogens (primary N) is 1. The first-order valence-corrected chi connectivity index (χ1v) is 11.2. The fraction of sp³-hybridized carbons (Fsp3) is 0.0909. The molecule has 0 saturated carbocycles. The van der Waals surface area contributed by atoms with Crippen LogP contribution in [-0.4, -0.2) is 21.8 Å². The van der Waals surface area contributed by atoms with Gasteiger partial charge in [0.15, 0.2) is 23.1 Å². The summed E-state index contributed by atoms with van der Waals surface area (Å²) in [6.07, 6.45) is 0. The molecule has 0 atom stereocenters. The Kier molecular flexibility index (Phi) is 6.95. The second kappa shape index (κ2) is 9.67. The molecule has 2 aromatic heterocycles. The Morgan fingerprint density at radius 2 is 1.33 bits per heavy atom. The molecule has 9 nitrogen and oxygen atoms in total. The molecule has 2 heterocycles. The van der Waals surface area contributed by atoms with Gasteiger partial charge in [0.2, 0.25) is 0 Å². The number of carbonyl (C=O) groups excluding carboxylic acids is 2. The molecule has 0 unspecified atom stereocenters. The van der Waals surface area contributed by atoms with Crippen molar-refractivity contribution in [1.29, 1.82) is 0 Å². The number of hydrogen-bond donors (Lipinski definition) is 5. The number of Topliss-reactive ketones (excluding diaryl/α,β-unsaturated/α-hetero) is 2. The van der Waals surface area contributed by atoms with Gasteiger partial charge in [-0.3, -0.25) is 19.2 Å². The molecular weight excluding hydrogens is 466 g/mol. The van der Waals surface area contributed by atoms with Crippen LogP contribution >= 0.6 is 22.7 Å². The Morgan fingerprint density at radius 1 is 0.818 bits per heavy atom. The first kappa shape index (κ1) is 23.7. The summed E-state index contributed by atoms with van der Waals surface area (Å²) in [5.74, 6) is -0.730. The van der Waals surface area contributed by atoms with Crippen LogP contribution in [-0.2, 0) is 0 Å². The van der Waals surface area contributed by atoms with Gasteiger partial charge < -0.3 is 26.6 Å². The van der Waals surface area contributed by atoms with Crippen LogP contribution in [0.15, 0.2) is 50.7 Å². The molecule has 0 amide bonds. The molecule has 6 N–H and O–H groups in total. The van der Waals surface area contributed by atoms with Gasteiger partial charge in [-0.2, -0.15) is 0 Å². The van der Waals surface area contributed by atoms with Gasteiger partial charge in [0, 0.05) is 30.3 Å². The standard InChI is InChI=1S/C16H12N2O4S.C6H7NO2S/c1-8(19)16-13(20)10(7-23-16)18-12-11(14(21)15(12)22)17-9-5-3-2-4-6-9;1-3(8)6-5(9)4(7)2-10-6/h2-7,17-18,20H,1H3;2,9H,7H2,1H3. The number of thiophene rings is 2. The molecule has 0 aliphatic heterocycles. The smallest absolute Gasteiger partial charge is 0.253 e. The number of anilines is 5. The van der Waals surface area contributed by atoms with Gasteiger partial charge in [-0.15, -0.1) is 22.7 Å². The number of benzene rings is 1. The number of carbonyl (C=O) groups is 2. The minimum absolute atomic E-state index is 0.0713. The van der Waals surface area contributed by atoms with Gasteiger partial charge in [0.05, 0.1) is 11.4 Å². The fourth-order valence-corrected chi connectivity index (χ4v) is 4.28. The molecule has 0 bridgehead atoms. The van der Waals surface area contributed by atoms with Crippen molar-refractivity contribution in [2.24, 2.45) is 0 Å². The van der Waals surface area contributed by atoms with Gasteiger partial charge in [-0.05, 0) is 12.1 Å². The second-order valence-corrected chi connectivity index (χ2v) is 8.59. The number of nitrogens with one attached hydrogen (secondary N) is 2. The molecule has 4 rings (SSSR count). The number of rotatable bonds is 6. The number of nitrogen functional groups attached to an aromatic ring is 1. The van der Waals surface area contributed by atoms with E-state index in [4.69, 9.17) is 10.8 Å². The van der Waals surface area contributed by atoms with Crippen LogP contribution in [0.5, 0.6) is 11.5 Å². The van der Waals surface area contributed by atoms with Crippen molar-refractivity contribution in [3.63, 3.8) is 0 Å². The monoisotopic (exact) mass is 485 g/mol. The maximum Gasteiger partial charge on any atom is 0.253 e. The SMILES string of the molecule is CC(=O)c1scc(N)c1O.CC(=O)c1scc(Nc2c(Nc3ccccc3)c(=O)c2=O)c1O. The van der Waals surface area contributed by atoms with E-state index in [1.807, 2.05) is 6.07 Å². The normalized spacial score (nSPS) is 10.4. The highest BCUT2D eigenvalue weighted by molar-refractivity contribution is 7.13. The van der Waals surface area contributed by atoms with Crippen LogP contribution in [0.25, 0.3) is 0 Å². The Hall–Kier alpha value is -3.96. The van der Waals surface area contributed by atoms with Crippen molar-refractivity contribution >= 4 is 62.7 Å². The quantitative estimate of drug-likeness (QED) is 0.201. The van der Waals surface area contributed by atoms with E-state index in [0.717, 1.165) is 22.7 Å². The lowest BCUT2D eigenvalue weighted by molar-refractivity contribution is 0.101. The molecule has 0 radical (unpaired) electrons. The van der Waals surface area contributed by atoms with E-state index in [0.29, 0.717) is 10.6 Å². The molecule has 0 aliphatic rings. The minimum Gasteiger partial charge on any atom is -0.504 e. The van der Waals surface area contributed by atoms with E-state index in [-0.39, 0.29) is 50.7 Å². The van der Waals surface area contributed by atoms with Crippen LogP contribution in [0.3, 0.4) is 0 Å². The predicted octanol–water partition coefficient (Wildman–Crippen LogP) is 3.98. The van der Waals surface area contributed by atoms with Crippen LogP contribution in [0.1, 0.15) is 33.2 Å². The summed E-state index contributed by atoms with van der Waals surface area (Å²) in [5, 5.41) is 27.7. The maximum atomic E-state index is 11.8. The van der Waals surface area contributed by atoms with Crippen molar-refractivity contribution in [1.82, 2.24) is 0 Å². The largest absolute Gasteiger partial charge is 0.504 e. The highest BCUT2D eigenvalue weighted by Crippen LogP contribution is 2.37. The topological polar surface area (TPSA) is 159 Å². The van der Waals surface area contributed by atoms with Gasteiger partial charge in [-0.1, -0.05) is 18.2 Å². The van der Waals surface area contributed by atoms with Crippen molar-refractivity contribution in [3.05, 3.63) is 71.3 Å². The lowest BCUT2D eigenvalue weighted by Crippen LogP contribution is -2.35. The summed E-state index contributed by atoms with van der Waals surface area (Å²) in [7, 11) is 0. The molecular formula is C22H19N3O6S2. The summed E-state index contributed by atoms with van der Waals surface area (Å²) in [4.78, 5) is 46.1. The van der Waals surface area contributed by atoms with Gasteiger partial charge in [-0.25, -0.2) is 0 Å². The van der Waals surface area contributed by atoms with Crippen molar-refractivity contribution in [2.45, 2.75) is 13.8 Å². The Labute approximate surface area is 195 Å². The number of ketones is 2. The fourth-order valence-electron chi connectivity index (χ4n) is 2.74. The van der Waals surface area contributed by atoms with Crippen molar-refractivity contribution in [3.8, 4) is 11.5 Å². The first-order chi connectivity index (χ1) is 15.6. The van der Waals surface area contributed by atoms with Gasteiger partial charge >= 0.3 is 0 Å². The third-order valence-electron chi connectivity index (χ3n) is 4.41. The number of aromatic hydroxyl groups is 2. The summed E-state index contributed by atoms with van der Waals surface area (Å²) >= 11 is 2.23. The molecule has 0 fully saturated rings. The first-order valence-electron chi connectivity index (χ1n) is 9.42. The van der Waals surface area contributed by atoms with E-state index in [1.165, 1.54) is 19.2 Å². The Morgan fingerprint density at radius 3 is 1.79 bits per heavy atom. The second-order valence-electron chi connectivity index (χ2n) is 6.83. The molecule has 11 heteroatoms.